The van der Waals surface area contributed by atoms with E-state index in [9.17, 15) is 9.50 Å². The maximum absolute atomic E-state index is 13.3. The van der Waals surface area contributed by atoms with Crippen LogP contribution in [0.3, 0.4) is 0 Å². The van der Waals surface area contributed by atoms with Crippen molar-refractivity contribution in [2.45, 2.75) is 38.2 Å². The molecule has 1 aromatic rings. The average molecular weight is 228 g/mol. The standard InChI is InChI=1S/C12H17FOS/c1-4-5-15-12-6-8(2)11(13)7-10(12)9(3)14/h6-7,9,14H,4-5H2,1-3H3/t9-/m1/s1. The van der Waals surface area contributed by atoms with E-state index in [0.29, 0.717) is 11.1 Å². The van der Waals surface area contributed by atoms with Gasteiger partial charge in [0.1, 0.15) is 5.82 Å². The van der Waals surface area contributed by atoms with E-state index in [2.05, 4.69) is 6.92 Å². The van der Waals surface area contributed by atoms with Gasteiger partial charge in [0.15, 0.2) is 0 Å². The summed E-state index contributed by atoms with van der Waals surface area (Å²) in [6.45, 7) is 5.52. The molecule has 0 aliphatic rings. The fourth-order valence-corrected chi connectivity index (χ4v) is 2.41. The molecule has 1 atom stereocenters. The van der Waals surface area contributed by atoms with Gasteiger partial charge in [-0.2, -0.15) is 0 Å². The maximum atomic E-state index is 13.3. The molecule has 1 N–H and O–H groups in total. The predicted octanol–water partition coefficient (Wildman–Crippen LogP) is 3.69. The molecule has 0 amide bonds. The Morgan fingerprint density at radius 1 is 1.47 bits per heavy atom. The Hall–Kier alpha value is -0.540. The van der Waals surface area contributed by atoms with Gasteiger partial charge in [-0.25, -0.2) is 4.39 Å². The van der Waals surface area contributed by atoms with Crippen LogP contribution in [0.1, 0.15) is 37.5 Å². The van der Waals surface area contributed by atoms with Gasteiger partial charge in [0.25, 0.3) is 0 Å². The van der Waals surface area contributed by atoms with Gasteiger partial charge < -0.3 is 5.11 Å². The molecule has 1 nitrogen and oxygen atoms in total. The molecule has 0 spiro atoms. The minimum atomic E-state index is -0.612. The number of aliphatic hydroxyl groups is 1. The SMILES string of the molecule is CCCSc1cc(C)c(F)cc1[C@@H](C)O. The minimum Gasteiger partial charge on any atom is -0.389 e. The van der Waals surface area contributed by atoms with Crippen LogP contribution in [0, 0.1) is 12.7 Å². The summed E-state index contributed by atoms with van der Waals surface area (Å²) in [6, 6.07) is 3.26. The van der Waals surface area contributed by atoms with Crippen molar-refractivity contribution in [1.29, 1.82) is 0 Å². The fraction of sp³-hybridized carbons (Fsp3) is 0.500. The van der Waals surface area contributed by atoms with Crippen molar-refractivity contribution in [2.75, 3.05) is 5.75 Å². The van der Waals surface area contributed by atoms with Crippen LogP contribution in [0.5, 0.6) is 0 Å². The van der Waals surface area contributed by atoms with Crippen LogP contribution in [-0.4, -0.2) is 10.9 Å². The molecule has 1 rings (SSSR count). The van der Waals surface area contributed by atoms with Crippen molar-refractivity contribution in [3.63, 3.8) is 0 Å². The number of hydrogen-bond acceptors (Lipinski definition) is 2. The van der Waals surface area contributed by atoms with Crippen LogP contribution < -0.4 is 0 Å². The number of rotatable bonds is 4. The van der Waals surface area contributed by atoms with Crippen LogP contribution in [0.2, 0.25) is 0 Å². The highest BCUT2D eigenvalue weighted by Gasteiger charge is 2.11. The Kier molecular flexibility index (Phi) is 4.61. The summed E-state index contributed by atoms with van der Waals surface area (Å²) in [5.41, 5.74) is 1.33. The molecule has 3 heteroatoms. The Morgan fingerprint density at radius 2 is 2.13 bits per heavy atom. The molecule has 0 aliphatic carbocycles. The van der Waals surface area contributed by atoms with Crippen molar-refractivity contribution in [2.24, 2.45) is 0 Å². The lowest BCUT2D eigenvalue weighted by Gasteiger charge is -2.13. The molecule has 0 unspecified atom stereocenters. The van der Waals surface area contributed by atoms with Crippen LogP contribution >= 0.6 is 11.8 Å². The van der Waals surface area contributed by atoms with E-state index >= 15 is 0 Å². The van der Waals surface area contributed by atoms with Gasteiger partial charge in [0.2, 0.25) is 0 Å². The van der Waals surface area contributed by atoms with E-state index in [-0.39, 0.29) is 5.82 Å². The minimum absolute atomic E-state index is 0.244. The first-order valence-corrected chi connectivity index (χ1v) is 6.15. The molecule has 0 radical (unpaired) electrons. The Bertz CT molecular complexity index is 337. The second-order valence-corrected chi connectivity index (χ2v) is 4.80. The van der Waals surface area contributed by atoms with Crippen molar-refractivity contribution in [3.05, 3.63) is 29.1 Å². The smallest absolute Gasteiger partial charge is 0.126 e. The number of thioether (sulfide) groups is 1. The summed E-state index contributed by atoms with van der Waals surface area (Å²) in [7, 11) is 0. The molecule has 0 heterocycles. The van der Waals surface area contributed by atoms with Gasteiger partial charge in [-0.3, -0.25) is 0 Å². The highest BCUT2D eigenvalue weighted by Crippen LogP contribution is 2.30. The van der Waals surface area contributed by atoms with E-state index in [1.165, 1.54) is 6.07 Å². The third-order valence-electron chi connectivity index (χ3n) is 2.20. The maximum Gasteiger partial charge on any atom is 0.126 e. The van der Waals surface area contributed by atoms with Gasteiger partial charge in [0.05, 0.1) is 6.10 Å². The second-order valence-electron chi connectivity index (χ2n) is 3.66. The summed E-state index contributed by atoms with van der Waals surface area (Å²) in [4.78, 5) is 0.991. The zero-order valence-corrected chi connectivity index (χ0v) is 10.2. The molecular formula is C12H17FOS. The molecule has 1 aromatic carbocycles. The first-order chi connectivity index (χ1) is 7.06. The summed E-state index contributed by atoms with van der Waals surface area (Å²) < 4.78 is 13.3. The molecule has 0 saturated heterocycles. The highest BCUT2D eigenvalue weighted by molar-refractivity contribution is 7.99. The lowest BCUT2D eigenvalue weighted by Crippen LogP contribution is -1.97. The number of benzene rings is 1. The van der Waals surface area contributed by atoms with Crippen LogP contribution in [0.4, 0.5) is 4.39 Å². The largest absolute Gasteiger partial charge is 0.389 e. The van der Waals surface area contributed by atoms with Crippen molar-refractivity contribution >= 4 is 11.8 Å². The van der Waals surface area contributed by atoms with Gasteiger partial charge in [-0.1, -0.05) is 6.92 Å². The first-order valence-electron chi connectivity index (χ1n) is 5.17. The number of aryl methyl sites for hydroxylation is 1. The first kappa shape index (κ1) is 12.5. The normalized spacial score (nSPS) is 12.9. The van der Waals surface area contributed by atoms with E-state index in [1.54, 1.807) is 25.6 Å². The predicted molar refractivity (Wildman–Crippen MR) is 62.8 cm³/mol. The van der Waals surface area contributed by atoms with Crippen molar-refractivity contribution < 1.29 is 9.50 Å². The van der Waals surface area contributed by atoms with Crippen LogP contribution in [0.25, 0.3) is 0 Å². The quantitative estimate of drug-likeness (QED) is 0.793. The monoisotopic (exact) mass is 228 g/mol. The summed E-state index contributed by atoms with van der Waals surface area (Å²) in [5, 5.41) is 9.54. The summed E-state index contributed by atoms with van der Waals surface area (Å²) in [6.07, 6.45) is 0.458. The van der Waals surface area contributed by atoms with Gasteiger partial charge >= 0.3 is 0 Å². The lowest BCUT2D eigenvalue weighted by atomic mass is 10.1. The van der Waals surface area contributed by atoms with Crippen LogP contribution in [0.15, 0.2) is 17.0 Å². The van der Waals surface area contributed by atoms with Crippen LogP contribution in [-0.2, 0) is 0 Å². The highest BCUT2D eigenvalue weighted by atomic mass is 32.2. The number of hydrogen-bond donors (Lipinski definition) is 1. The fourth-order valence-electron chi connectivity index (χ4n) is 1.33. The van der Waals surface area contributed by atoms with Gasteiger partial charge in [-0.05, 0) is 49.3 Å². The lowest BCUT2D eigenvalue weighted by molar-refractivity contribution is 0.196. The Labute approximate surface area is 94.7 Å². The molecule has 15 heavy (non-hydrogen) atoms. The third kappa shape index (κ3) is 3.21. The van der Waals surface area contributed by atoms with Crippen molar-refractivity contribution in [1.82, 2.24) is 0 Å². The zero-order valence-electron chi connectivity index (χ0n) is 9.38. The Balaban J connectivity index is 3.04. The molecule has 84 valence electrons. The summed E-state index contributed by atoms with van der Waals surface area (Å²) >= 11 is 1.67. The molecule has 0 bridgehead atoms. The van der Waals surface area contributed by atoms with E-state index < -0.39 is 6.10 Å². The van der Waals surface area contributed by atoms with Gasteiger partial charge in [-0.15, -0.1) is 11.8 Å². The third-order valence-corrected chi connectivity index (χ3v) is 3.48. The van der Waals surface area contributed by atoms with E-state index in [1.807, 2.05) is 6.07 Å². The van der Waals surface area contributed by atoms with E-state index in [4.69, 9.17) is 0 Å². The molecule has 0 saturated carbocycles. The van der Waals surface area contributed by atoms with E-state index in [0.717, 1.165) is 17.1 Å². The summed E-state index contributed by atoms with van der Waals surface area (Å²) in [5.74, 6) is 0.747. The molecular weight excluding hydrogens is 211 g/mol. The molecule has 0 aromatic heterocycles. The van der Waals surface area contributed by atoms with Gasteiger partial charge in [0, 0.05) is 4.90 Å². The molecule has 0 aliphatic heterocycles. The van der Waals surface area contributed by atoms with Crippen molar-refractivity contribution in [3.8, 4) is 0 Å². The average Bonchev–Trinajstić information content (AvgIpc) is 2.19. The second kappa shape index (κ2) is 5.52. The zero-order chi connectivity index (χ0) is 11.4. The topological polar surface area (TPSA) is 20.2 Å². The number of aliphatic hydroxyl groups excluding tert-OH is 1. The number of halogens is 1. The Morgan fingerprint density at radius 3 is 2.67 bits per heavy atom. The molecule has 0 fully saturated rings.